The molecule has 92 valence electrons. The van der Waals surface area contributed by atoms with E-state index in [0.29, 0.717) is 12.2 Å². The fourth-order valence-corrected chi connectivity index (χ4v) is 1.33. The Bertz CT molecular complexity index is 420. The first-order chi connectivity index (χ1) is 8.04. The Morgan fingerprint density at radius 3 is 2.82 bits per heavy atom. The van der Waals surface area contributed by atoms with Crippen molar-refractivity contribution in [1.29, 1.82) is 0 Å². The van der Waals surface area contributed by atoms with Crippen LogP contribution in [0.15, 0.2) is 18.3 Å². The largest absolute Gasteiger partial charge is 0.477 e. The molecule has 2 N–H and O–H groups in total. The highest BCUT2D eigenvalue weighted by molar-refractivity contribution is 5.87. The molecule has 0 fully saturated rings. The predicted octanol–water partition coefficient (Wildman–Crippen LogP) is 0.352. The molecule has 6 heteroatoms. The lowest BCUT2D eigenvalue weighted by molar-refractivity contribution is -0.119. The third kappa shape index (κ3) is 3.75. The fourth-order valence-electron chi connectivity index (χ4n) is 1.33. The molecule has 0 aliphatic carbocycles. The molecule has 0 saturated heterocycles. The van der Waals surface area contributed by atoms with Crippen molar-refractivity contribution in [3.05, 3.63) is 24.0 Å². The number of aromatic nitrogens is 1. The summed E-state index contributed by atoms with van der Waals surface area (Å²) < 4.78 is 0. The van der Waals surface area contributed by atoms with Crippen molar-refractivity contribution >= 4 is 17.6 Å². The molecular formula is C11H15N3O3. The number of anilines is 1. The van der Waals surface area contributed by atoms with Gasteiger partial charge in [-0.2, -0.15) is 0 Å². The highest BCUT2D eigenvalue weighted by Crippen LogP contribution is 2.12. The number of hydrogen-bond acceptors (Lipinski definition) is 4. The lowest BCUT2D eigenvalue weighted by atomic mass is 10.3. The normalized spacial score (nSPS) is 9.76. The summed E-state index contributed by atoms with van der Waals surface area (Å²) >= 11 is 0. The minimum Gasteiger partial charge on any atom is -0.477 e. The summed E-state index contributed by atoms with van der Waals surface area (Å²) in [5.41, 5.74) is 0.605. The van der Waals surface area contributed by atoms with Crippen molar-refractivity contribution in [3.63, 3.8) is 0 Å². The van der Waals surface area contributed by atoms with Gasteiger partial charge in [0, 0.05) is 25.5 Å². The number of carboxylic acid groups (broad SMARTS) is 1. The van der Waals surface area contributed by atoms with Crippen LogP contribution in [0.3, 0.4) is 0 Å². The summed E-state index contributed by atoms with van der Waals surface area (Å²) in [4.78, 5) is 27.5. The van der Waals surface area contributed by atoms with Crippen LogP contribution in [0, 0.1) is 0 Å². The van der Waals surface area contributed by atoms with Gasteiger partial charge in [-0.15, -0.1) is 0 Å². The molecule has 0 saturated carbocycles. The molecule has 1 amide bonds. The van der Waals surface area contributed by atoms with Gasteiger partial charge in [0.1, 0.15) is 5.69 Å². The predicted molar refractivity (Wildman–Crippen MR) is 63.2 cm³/mol. The average Bonchev–Trinajstić information content (AvgIpc) is 2.29. The second kappa shape index (κ2) is 5.83. The van der Waals surface area contributed by atoms with Gasteiger partial charge in [-0.3, -0.25) is 4.79 Å². The molecule has 0 aromatic carbocycles. The van der Waals surface area contributed by atoms with E-state index >= 15 is 0 Å². The minimum absolute atomic E-state index is 0.0368. The molecule has 0 bridgehead atoms. The first-order valence-corrected chi connectivity index (χ1v) is 5.21. The van der Waals surface area contributed by atoms with E-state index < -0.39 is 5.97 Å². The van der Waals surface area contributed by atoms with Crippen LogP contribution in [0.25, 0.3) is 0 Å². The number of hydrogen-bond donors (Lipinski definition) is 2. The van der Waals surface area contributed by atoms with E-state index in [4.69, 9.17) is 5.11 Å². The van der Waals surface area contributed by atoms with Gasteiger partial charge in [0.25, 0.3) is 0 Å². The monoisotopic (exact) mass is 237 g/mol. The maximum absolute atomic E-state index is 11.4. The van der Waals surface area contributed by atoms with Crippen LogP contribution >= 0.6 is 0 Å². The molecule has 1 aromatic rings. The van der Waals surface area contributed by atoms with Gasteiger partial charge in [-0.25, -0.2) is 9.78 Å². The van der Waals surface area contributed by atoms with E-state index in [0.717, 1.165) is 0 Å². The Hall–Kier alpha value is -2.11. The number of amides is 1. The molecule has 1 rings (SSSR count). The van der Waals surface area contributed by atoms with Gasteiger partial charge in [0.2, 0.25) is 5.91 Å². The SMILES string of the molecule is CCNC(=O)CN(C)c1ccnc(C(=O)O)c1. The Balaban J connectivity index is 2.75. The maximum Gasteiger partial charge on any atom is 0.354 e. The first kappa shape index (κ1) is 13.0. The van der Waals surface area contributed by atoms with E-state index in [2.05, 4.69) is 10.3 Å². The van der Waals surface area contributed by atoms with Crippen LogP contribution in [-0.2, 0) is 4.79 Å². The van der Waals surface area contributed by atoms with E-state index in [1.807, 2.05) is 6.92 Å². The Morgan fingerprint density at radius 1 is 1.53 bits per heavy atom. The average molecular weight is 237 g/mol. The molecule has 0 spiro atoms. The number of likely N-dealkylation sites (N-methyl/N-ethyl adjacent to an activating group) is 2. The summed E-state index contributed by atoms with van der Waals surface area (Å²) in [5.74, 6) is -1.19. The minimum atomic E-state index is -1.08. The van der Waals surface area contributed by atoms with Crippen LogP contribution < -0.4 is 10.2 Å². The zero-order valence-electron chi connectivity index (χ0n) is 9.80. The Kier molecular flexibility index (Phi) is 4.45. The van der Waals surface area contributed by atoms with E-state index in [-0.39, 0.29) is 18.1 Å². The van der Waals surface area contributed by atoms with Crippen molar-refractivity contribution in [1.82, 2.24) is 10.3 Å². The van der Waals surface area contributed by atoms with Crippen molar-refractivity contribution in [2.75, 3.05) is 25.0 Å². The first-order valence-electron chi connectivity index (χ1n) is 5.21. The molecule has 1 aromatic heterocycles. The molecule has 6 nitrogen and oxygen atoms in total. The van der Waals surface area contributed by atoms with Gasteiger partial charge in [0.15, 0.2) is 0 Å². The number of nitrogens with zero attached hydrogens (tertiary/aromatic N) is 2. The summed E-state index contributed by atoms with van der Waals surface area (Å²) in [6.07, 6.45) is 1.41. The smallest absolute Gasteiger partial charge is 0.354 e. The number of nitrogens with one attached hydrogen (secondary N) is 1. The van der Waals surface area contributed by atoms with Gasteiger partial charge < -0.3 is 15.3 Å². The molecule has 0 radical (unpaired) electrons. The van der Waals surface area contributed by atoms with Crippen LogP contribution in [0.2, 0.25) is 0 Å². The third-order valence-corrected chi connectivity index (χ3v) is 2.16. The third-order valence-electron chi connectivity index (χ3n) is 2.16. The standard InChI is InChI=1S/C11H15N3O3/c1-3-12-10(15)7-14(2)8-4-5-13-9(6-8)11(16)17/h4-6H,3,7H2,1-2H3,(H,12,15)(H,16,17). The quantitative estimate of drug-likeness (QED) is 0.772. The highest BCUT2D eigenvalue weighted by atomic mass is 16.4. The van der Waals surface area contributed by atoms with E-state index in [1.54, 1.807) is 18.0 Å². The number of carbonyl (C=O) groups is 2. The molecule has 0 unspecified atom stereocenters. The molecule has 0 aliphatic heterocycles. The Labute approximate surface area is 99.3 Å². The van der Waals surface area contributed by atoms with Gasteiger partial charge >= 0.3 is 5.97 Å². The molecule has 0 aliphatic rings. The van der Waals surface area contributed by atoms with Crippen molar-refractivity contribution < 1.29 is 14.7 Å². The van der Waals surface area contributed by atoms with Crippen molar-refractivity contribution in [2.45, 2.75) is 6.92 Å². The molecule has 1 heterocycles. The van der Waals surface area contributed by atoms with Crippen LogP contribution in [0.5, 0.6) is 0 Å². The Morgan fingerprint density at radius 2 is 2.24 bits per heavy atom. The lowest BCUT2D eigenvalue weighted by Gasteiger charge is -2.18. The summed E-state index contributed by atoms with van der Waals surface area (Å²) in [7, 11) is 1.72. The number of aromatic carboxylic acids is 1. The molecule has 0 atom stereocenters. The van der Waals surface area contributed by atoms with E-state index in [1.165, 1.54) is 12.3 Å². The number of rotatable bonds is 5. The highest BCUT2D eigenvalue weighted by Gasteiger charge is 2.10. The summed E-state index contributed by atoms with van der Waals surface area (Å²) in [5, 5.41) is 11.5. The van der Waals surface area contributed by atoms with Crippen LogP contribution in [-0.4, -0.2) is 42.1 Å². The number of pyridine rings is 1. The van der Waals surface area contributed by atoms with Crippen LogP contribution in [0.1, 0.15) is 17.4 Å². The summed E-state index contributed by atoms with van der Waals surface area (Å²) in [6.45, 7) is 2.59. The van der Waals surface area contributed by atoms with Gasteiger partial charge in [-0.05, 0) is 19.1 Å². The number of carboxylic acids is 1. The lowest BCUT2D eigenvalue weighted by Crippen LogP contribution is -2.35. The van der Waals surface area contributed by atoms with Crippen molar-refractivity contribution in [2.24, 2.45) is 0 Å². The van der Waals surface area contributed by atoms with E-state index in [9.17, 15) is 9.59 Å². The van der Waals surface area contributed by atoms with Gasteiger partial charge in [0.05, 0.1) is 6.54 Å². The molecule has 17 heavy (non-hydrogen) atoms. The second-order valence-electron chi connectivity index (χ2n) is 3.51. The zero-order chi connectivity index (χ0) is 12.8. The topological polar surface area (TPSA) is 82.5 Å². The number of carbonyl (C=O) groups excluding carboxylic acids is 1. The fraction of sp³-hybridized carbons (Fsp3) is 0.364. The van der Waals surface area contributed by atoms with Crippen molar-refractivity contribution in [3.8, 4) is 0 Å². The van der Waals surface area contributed by atoms with Gasteiger partial charge in [-0.1, -0.05) is 0 Å². The molecular weight excluding hydrogens is 222 g/mol. The maximum atomic E-state index is 11.4. The van der Waals surface area contributed by atoms with Crippen LogP contribution in [0.4, 0.5) is 5.69 Å². The second-order valence-corrected chi connectivity index (χ2v) is 3.51. The summed E-state index contributed by atoms with van der Waals surface area (Å²) in [6, 6.07) is 3.09. The zero-order valence-corrected chi connectivity index (χ0v) is 9.80.